The lowest BCUT2D eigenvalue weighted by atomic mass is 9.68. The summed E-state index contributed by atoms with van der Waals surface area (Å²) in [6.45, 7) is 0. The van der Waals surface area contributed by atoms with Gasteiger partial charge >= 0.3 is 0 Å². The minimum Gasteiger partial charge on any atom is -0.309 e. The molecule has 0 saturated heterocycles. The molecule has 0 amide bonds. The molecule has 1 aliphatic rings. The fourth-order valence-electron chi connectivity index (χ4n) is 10.6. The molecular weight excluding hydrogens is 811 g/mol. The highest BCUT2D eigenvalue weighted by molar-refractivity contribution is 7.26. The van der Waals surface area contributed by atoms with E-state index in [0.717, 1.165) is 11.4 Å². The number of fused-ring (bicyclic) bond motifs is 9. The Morgan fingerprint density at radius 1 is 0.312 bits per heavy atom. The fourth-order valence-corrected chi connectivity index (χ4v) is 13.0. The van der Waals surface area contributed by atoms with E-state index in [-0.39, 0.29) is 0 Å². The van der Waals surface area contributed by atoms with E-state index in [0.29, 0.717) is 0 Å². The van der Waals surface area contributed by atoms with Gasteiger partial charge in [-0.15, -0.1) is 22.7 Å². The molecule has 0 unspecified atom stereocenters. The summed E-state index contributed by atoms with van der Waals surface area (Å²) in [6, 6.07) is 87.7. The van der Waals surface area contributed by atoms with Crippen molar-refractivity contribution in [2.45, 2.75) is 5.41 Å². The van der Waals surface area contributed by atoms with Gasteiger partial charge in [0.1, 0.15) is 0 Å². The summed E-state index contributed by atoms with van der Waals surface area (Å²) in [7, 11) is 0. The molecule has 0 aliphatic heterocycles. The second-order valence-corrected chi connectivity index (χ2v) is 18.9. The number of nitrogens with zero attached hydrogens (tertiary/aromatic N) is 1. The Hall–Kier alpha value is -7.56. The van der Waals surface area contributed by atoms with E-state index in [1.807, 2.05) is 22.7 Å². The van der Waals surface area contributed by atoms with Gasteiger partial charge in [-0.05, 0) is 104 Å². The molecule has 3 heteroatoms. The molecule has 2 aromatic heterocycles. The van der Waals surface area contributed by atoms with Crippen molar-refractivity contribution in [3.8, 4) is 33.4 Å². The summed E-state index contributed by atoms with van der Waals surface area (Å²) in [5.41, 5.74) is 15.5. The quantitative estimate of drug-likeness (QED) is 0.154. The first-order valence-corrected chi connectivity index (χ1v) is 23.5. The van der Waals surface area contributed by atoms with Crippen LogP contribution in [0.4, 0.5) is 17.1 Å². The molecule has 1 nitrogen and oxygen atoms in total. The van der Waals surface area contributed by atoms with Crippen LogP contribution in [0.25, 0.3) is 73.7 Å². The maximum atomic E-state index is 2.48. The van der Waals surface area contributed by atoms with Crippen molar-refractivity contribution in [1.29, 1.82) is 0 Å². The maximum absolute atomic E-state index is 2.48. The molecule has 1 aliphatic carbocycles. The average Bonchev–Trinajstić information content (AvgIpc) is 4.04. The Morgan fingerprint density at radius 3 is 1.58 bits per heavy atom. The van der Waals surface area contributed by atoms with Gasteiger partial charge in [-0.1, -0.05) is 188 Å². The van der Waals surface area contributed by atoms with Gasteiger partial charge in [-0.3, -0.25) is 0 Å². The first-order valence-electron chi connectivity index (χ1n) is 21.9. The van der Waals surface area contributed by atoms with Crippen LogP contribution in [0.5, 0.6) is 0 Å². The zero-order chi connectivity index (χ0) is 42.2. The van der Waals surface area contributed by atoms with Crippen LogP contribution in [-0.4, -0.2) is 0 Å². The largest absolute Gasteiger partial charge is 0.309 e. The number of rotatable bonds is 7. The summed E-state index contributed by atoms with van der Waals surface area (Å²) in [4.78, 5) is 2.48. The molecule has 0 bridgehead atoms. The molecule has 0 spiro atoms. The van der Waals surface area contributed by atoms with Gasteiger partial charge in [0.15, 0.2) is 0 Å². The van der Waals surface area contributed by atoms with Crippen LogP contribution in [0.1, 0.15) is 22.3 Å². The molecule has 300 valence electrons. The molecule has 0 N–H and O–H groups in total. The predicted molar refractivity (Wildman–Crippen MR) is 275 cm³/mol. The van der Waals surface area contributed by atoms with Crippen molar-refractivity contribution < 1.29 is 0 Å². The summed E-state index contributed by atoms with van der Waals surface area (Å²) in [5, 5.41) is 5.22. The monoisotopic (exact) mass is 849 g/mol. The van der Waals surface area contributed by atoms with Gasteiger partial charge in [-0.25, -0.2) is 0 Å². The van der Waals surface area contributed by atoms with Gasteiger partial charge in [0.2, 0.25) is 0 Å². The van der Waals surface area contributed by atoms with E-state index in [9.17, 15) is 0 Å². The highest BCUT2D eigenvalue weighted by Crippen LogP contribution is 2.57. The van der Waals surface area contributed by atoms with Crippen molar-refractivity contribution in [3.63, 3.8) is 0 Å². The first kappa shape index (κ1) is 37.0. The zero-order valence-corrected chi connectivity index (χ0v) is 36.4. The Bertz CT molecular complexity index is 3690. The molecule has 13 rings (SSSR count). The van der Waals surface area contributed by atoms with E-state index in [4.69, 9.17) is 0 Å². The van der Waals surface area contributed by atoms with Crippen molar-refractivity contribution in [2.75, 3.05) is 4.90 Å². The number of hydrogen-bond acceptors (Lipinski definition) is 3. The lowest BCUT2D eigenvalue weighted by molar-refractivity contribution is 0.768. The third kappa shape index (κ3) is 5.61. The predicted octanol–water partition coefficient (Wildman–Crippen LogP) is 17.6. The third-order valence-corrected chi connectivity index (χ3v) is 15.8. The van der Waals surface area contributed by atoms with Crippen LogP contribution in [0.2, 0.25) is 0 Å². The molecule has 0 saturated carbocycles. The first-order chi connectivity index (χ1) is 31.7. The second kappa shape index (κ2) is 14.8. The molecule has 0 fully saturated rings. The number of benzene rings is 10. The average molecular weight is 850 g/mol. The van der Waals surface area contributed by atoms with E-state index in [2.05, 4.69) is 241 Å². The van der Waals surface area contributed by atoms with Crippen LogP contribution in [-0.2, 0) is 5.41 Å². The van der Waals surface area contributed by atoms with Gasteiger partial charge in [-0.2, -0.15) is 0 Å². The Kier molecular flexibility index (Phi) is 8.55. The Labute approximate surface area is 380 Å². The van der Waals surface area contributed by atoms with Gasteiger partial charge in [0.05, 0.1) is 15.8 Å². The summed E-state index contributed by atoms with van der Waals surface area (Å²) in [6.07, 6.45) is 0. The summed E-state index contributed by atoms with van der Waals surface area (Å²) < 4.78 is 5.24. The van der Waals surface area contributed by atoms with Crippen LogP contribution < -0.4 is 4.90 Å². The summed E-state index contributed by atoms with van der Waals surface area (Å²) in [5.74, 6) is 0. The van der Waals surface area contributed by atoms with Crippen LogP contribution in [0, 0.1) is 0 Å². The van der Waals surface area contributed by atoms with Crippen molar-refractivity contribution in [2.24, 2.45) is 0 Å². The molecule has 10 aromatic carbocycles. The van der Waals surface area contributed by atoms with Crippen LogP contribution in [0.3, 0.4) is 0 Å². The third-order valence-electron chi connectivity index (χ3n) is 13.4. The Morgan fingerprint density at radius 2 is 0.844 bits per heavy atom. The van der Waals surface area contributed by atoms with E-state index >= 15 is 0 Å². The van der Waals surface area contributed by atoms with Crippen molar-refractivity contribution in [3.05, 3.63) is 259 Å². The lowest BCUT2D eigenvalue weighted by Gasteiger charge is -2.34. The van der Waals surface area contributed by atoms with Crippen LogP contribution >= 0.6 is 22.7 Å². The second-order valence-electron chi connectivity index (χ2n) is 16.8. The normalized spacial score (nSPS) is 12.8. The van der Waals surface area contributed by atoms with Gasteiger partial charge < -0.3 is 4.90 Å². The minimum atomic E-state index is -0.456. The Balaban J connectivity index is 0.976. The molecule has 2 heterocycles. The standard InChI is InChI=1S/C61H39NS2/c1-3-18-43(19-4-1)61(44-20-5-2-6-21-44)54-28-10-7-22-48(54)53-39-46(36-37-55(53)61)62(56-29-15-27-52-50-24-9-12-31-58(50)64-60(52)56)45-34-32-40(33-35-45)41-16-13-17-42(38-41)47-25-14-26-51-49-23-8-11-30-57(49)63-59(47)51/h1-39H. The summed E-state index contributed by atoms with van der Waals surface area (Å²) >= 11 is 3.76. The van der Waals surface area contributed by atoms with Crippen LogP contribution in [0.15, 0.2) is 237 Å². The molecule has 12 aromatic rings. The van der Waals surface area contributed by atoms with E-state index in [1.165, 1.54) is 102 Å². The maximum Gasteiger partial charge on any atom is 0.0713 e. The number of thiophene rings is 2. The van der Waals surface area contributed by atoms with E-state index in [1.54, 1.807) is 0 Å². The number of anilines is 3. The molecule has 0 atom stereocenters. The van der Waals surface area contributed by atoms with Crippen molar-refractivity contribution >= 4 is 80.1 Å². The molecular formula is C61H39NS2. The molecule has 0 radical (unpaired) electrons. The lowest BCUT2D eigenvalue weighted by Crippen LogP contribution is -2.28. The number of hydrogen-bond donors (Lipinski definition) is 0. The SMILES string of the molecule is c1ccc(C2(c3ccccc3)c3ccccc3-c3cc(N(c4ccc(-c5cccc(-c6cccc7c6sc6ccccc67)c5)cc4)c4cccc5c4sc4ccccc45)ccc32)cc1. The van der Waals surface area contributed by atoms with E-state index < -0.39 is 5.41 Å². The highest BCUT2D eigenvalue weighted by Gasteiger charge is 2.46. The van der Waals surface area contributed by atoms with Crippen molar-refractivity contribution in [1.82, 2.24) is 0 Å². The smallest absolute Gasteiger partial charge is 0.0713 e. The van der Waals surface area contributed by atoms with Gasteiger partial charge in [0.25, 0.3) is 0 Å². The fraction of sp³-hybridized carbons (Fsp3) is 0.0164. The minimum absolute atomic E-state index is 0.456. The topological polar surface area (TPSA) is 3.24 Å². The van der Waals surface area contributed by atoms with Gasteiger partial charge in [0, 0.05) is 47.0 Å². The molecule has 64 heavy (non-hydrogen) atoms. The highest BCUT2D eigenvalue weighted by atomic mass is 32.1. The zero-order valence-electron chi connectivity index (χ0n) is 34.8.